The van der Waals surface area contributed by atoms with Crippen molar-refractivity contribution in [2.75, 3.05) is 0 Å². The monoisotopic (exact) mass is 712 g/mol. The third kappa shape index (κ3) is 4.47. The lowest BCUT2D eigenvalue weighted by molar-refractivity contribution is 1.01. The van der Waals surface area contributed by atoms with Crippen molar-refractivity contribution in [3.05, 3.63) is 194 Å². The molecule has 3 aromatic heterocycles. The van der Waals surface area contributed by atoms with Gasteiger partial charge in [0, 0.05) is 43.7 Å². The molecule has 56 heavy (non-hydrogen) atoms. The zero-order valence-electron chi connectivity index (χ0n) is 30.3. The molecule has 9 aromatic carbocycles. The van der Waals surface area contributed by atoms with Crippen LogP contribution >= 0.6 is 0 Å². The highest BCUT2D eigenvalue weighted by Gasteiger charge is 2.24. The molecule has 0 amide bonds. The van der Waals surface area contributed by atoms with Gasteiger partial charge in [0.2, 0.25) is 5.95 Å². The van der Waals surface area contributed by atoms with Crippen molar-refractivity contribution >= 4 is 76.1 Å². The molecular formula is C52H32N4. The summed E-state index contributed by atoms with van der Waals surface area (Å²) in [4.78, 5) is 10.8. The van der Waals surface area contributed by atoms with E-state index in [4.69, 9.17) is 9.97 Å². The van der Waals surface area contributed by atoms with E-state index in [1.54, 1.807) is 0 Å². The molecule has 0 radical (unpaired) electrons. The van der Waals surface area contributed by atoms with E-state index in [-0.39, 0.29) is 0 Å². The molecule has 4 heteroatoms. The number of benzene rings is 9. The van der Waals surface area contributed by atoms with E-state index in [2.05, 4.69) is 203 Å². The van der Waals surface area contributed by atoms with Crippen molar-refractivity contribution in [3.8, 4) is 34.0 Å². The minimum Gasteiger partial charge on any atom is -0.309 e. The molecule has 0 saturated heterocycles. The fourth-order valence-electron chi connectivity index (χ4n) is 9.07. The van der Waals surface area contributed by atoms with Crippen LogP contribution in [0.5, 0.6) is 0 Å². The van der Waals surface area contributed by atoms with Gasteiger partial charge >= 0.3 is 0 Å². The van der Waals surface area contributed by atoms with Gasteiger partial charge in [0.05, 0.1) is 33.3 Å². The fourth-order valence-corrected chi connectivity index (χ4v) is 9.07. The van der Waals surface area contributed by atoms with Crippen LogP contribution in [-0.2, 0) is 0 Å². The number of aromatic nitrogens is 4. The molecule has 0 atom stereocenters. The van der Waals surface area contributed by atoms with E-state index >= 15 is 0 Å². The van der Waals surface area contributed by atoms with Crippen LogP contribution in [0.15, 0.2) is 194 Å². The minimum atomic E-state index is 0.649. The first-order valence-electron chi connectivity index (χ1n) is 19.1. The van der Waals surface area contributed by atoms with E-state index in [1.165, 1.54) is 54.1 Å². The summed E-state index contributed by atoms with van der Waals surface area (Å²) in [5, 5.41) is 10.7. The van der Waals surface area contributed by atoms with E-state index < -0.39 is 0 Å². The second-order valence-corrected chi connectivity index (χ2v) is 14.6. The van der Waals surface area contributed by atoms with Crippen LogP contribution in [0.4, 0.5) is 0 Å². The van der Waals surface area contributed by atoms with Crippen LogP contribution in [-0.4, -0.2) is 19.1 Å². The van der Waals surface area contributed by atoms with Crippen molar-refractivity contribution in [1.29, 1.82) is 0 Å². The second-order valence-electron chi connectivity index (χ2n) is 14.6. The number of hydrogen-bond donors (Lipinski definition) is 0. The standard InChI is InChI=1S/C52H32N4/c1-2-15-35(16-3-1)50-42-22-8-11-23-44(42)53-52(54-50)56-47-31-28-33-14-4-6-18-38(33)49(47)43-32-36-17-5-7-19-39(36)48(51(43)56)34-26-29-37(30-27-34)55-45-24-12-9-20-40(45)41-21-10-13-25-46(41)55/h1-32H. The van der Waals surface area contributed by atoms with Crippen molar-refractivity contribution < 1.29 is 0 Å². The number of hydrogen-bond acceptors (Lipinski definition) is 2. The molecule has 3 heterocycles. The average Bonchev–Trinajstić information content (AvgIpc) is 3.78. The zero-order chi connectivity index (χ0) is 36.7. The predicted octanol–water partition coefficient (Wildman–Crippen LogP) is 13.5. The van der Waals surface area contributed by atoms with Gasteiger partial charge in [-0.15, -0.1) is 0 Å². The lowest BCUT2D eigenvalue weighted by Crippen LogP contribution is -2.04. The SMILES string of the molecule is c1ccc(-c2nc(-n3c4ccc5ccccc5c4c4cc5ccccc5c(-c5ccc(-n6c7ccccc7c7ccccc76)cc5)c43)nc3ccccc23)cc1. The van der Waals surface area contributed by atoms with Crippen LogP contribution in [0, 0.1) is 0 Å². The van der Waals surface area contributed by atoms with Crippen molar-refractivity contribution in [3.63, 3.8) is 0 Å². The average molecular weight is 713 g/mol. The Bertz CT molecular complexity index is 3470. The van der Waals surface area contributed by atoms with Gasteiger partial charge in [-0.05, 0) is 69.6 Å². The van der Waals surface area contributed by atoms with Crippen LogP contribution in [0.2, 0.25) is 0 Å². The van der Waals surface area contributed by atoms with Crippen molar-refractivity contribution in [2.45, 2.75) is 0 Å². The van der Waals surface area contributed by atoms with Gasteiger partial charge in [0.1, 0.15) is 0 Å². The van der Waals surface area contributed by atoms with Gasteiger partial charge in [-0.2, -0.15) is 0 Å². The van der Waals surface area contributed by atoms with Gasteiger partial charge in [0.15, 0.2) is 0 Å². The molecule has 0 unspecified atom stereocenters. The highest BCUT2D eigenvalue weighted by Crippen LogP contribution is 2.45. The molecule has 0 N–H and O–H groups in total. The molecule has 0 aliphatic rings. The largest absolute Gasteiger partial charge is 0.309 e. The van der Waals surface area contributed by atoms with Crippen LogP contribution < -0.4 is 0 Å². The molecule has 0 spiro atoms. The Hall–Kier alpha value is -7.56. The summed E-state index contributed by atoms with van der Waals surface area (Å²) in [5.41, 5.74) is 10.9. The fraction of sp³-hybridized carbons (Fsp3) is 0. The van der Waals surface area contributed by atoms with E-state index in [9.17, 15) is 0 Å². The van der Waals surface area contributed by atoms with Crippen molar-refractivity contribution in [1.82, 2.24) is 19.1 Å². The van der Waals surface area contributed by atoms with Crippen LogP contribution in [0.1, 0.15) is 0 Å². The highest BCUT2D eigenvalue weighted by molar-refractivity contribution is 6.27. The van der Waals surface area contributed by atoms with Gasteiger partial charge in [-0.1, -0.05) is 152 Å². The summed E-state index contributed by atoms with van der Waals surface area (Å²) < 4.78 is 4.70. The molecule has 0 saturated carbocycles. The third-order valence-corrected chi connectivity index (χ3v) is 11.5. The first-order valence-corrected chi connectivity index (χ1v) is 19.1. The molecule has 0 bridgehead atoms. The molecule has 12 aromatic rings. The normalized spacial score (nSPS) is 11.9. The highest BCUT2D eigenvalue weighted by atomic mass is 15.2. The first kappa shape index (κ1) is 30.9. The second kappa shape index (κ2) is 12.0. The predicted molar refractivity (Wildman–Crippen MR) is 234 cm³/mol. The van der Waals surface area contributed by atoms with Crippen molar-refractivity contribution in [2.24, 2.45) is 0 Å². The van der Waals surface area contributed by atoms with Gasteiger partial charge < -0.3 is 4.57 Å². The summed E-state index contributed by atoms with van der Waals surface area (Å²) in [6.45, 7) is 0. The number of nitrogens with zero attached hydrogens (tertiary/aromatic N) is 4. The summed E-state index contributed by atoms with van der Waals surface area (Å²) in [5.74, 6) is 0.649. The molecule has 12 rings (SSSR count). The molecule has 4 nitrogen and oxygen atoms in total. The molecule has 0 aliphatic heterocycles. The van der Waals surface area contributed by atoms with E-state index in [0.717, 1.165) is 50.0 Å². The Kier molecular flexibility index (Phi) is 6.60. The van der Waals surface area contributed by atoms with Crippen LogP contribution in [0.3, 0.4) is 0 Å². The maximum atomic E-state index is 5.46. The lowest BCUT2D eigenvalue weighted by Gasteiger charge is -2.16. The Labute approximate surface area is 322 Å². The van der Waals surface area contributed by atoms with E-state index in [1.807, 2.05) is 0 Å². The number of para-hydroxylation sites is 3. The molecule has 260 valence electrons. The smallest absolute Gasteiger partial charge is 0.235 e. The molecule has 0 aliphatic carbocycles. The topological polar surface area (TPSA) is 35.6 Å². The lowest BCUT2D eigenvalue weighted by atomic mass is 9.94. The number of fused-ring (bicyclic) bond motifs is 10. The third-order valence-electron chi connectivity index (χ3n) is 11.5. The van der Waals surface area contributed by atoms with Gasteiger partial charge in [0.25, 0.3) is 0 Å². The summed E-state index contributed by atoms with van der Waals surface area (Å²) >= 11 is 0. The first-order chi connectivity index (χ1) is 27.8. The molecule has 0 fully saturated rings. The molecular weight excluding hydrogens is 681 g/mol. The Morgan fingerprint density at radius 2 is 0.964 bits per heavy atom. The maximum Gasteiger partial charge on any atom is 0.235 e. The van der Waals surface area contributed by atoms with Gasteiger partial charge in [-0.3, -0.25) is 4.57 Å². The Balaban J connectivity index is 1.20. The van der Waals surface area contributed by atoms with Crippen LogP contribution in [0.25, 0.3) is 110 Å². The maximum absolute atomic E-state index is 5.46. The quantitative estimate of drug-likeness (QED) is 0.182. The summed E-state index contributed by atoms with van der Waals surface area (Å²) in [6, 6.07) is 69.6. The zero-order valence-corrected chi connectivity index (χ0v) is 30.3. The Morgan fingerprint density at radius 3 is 1.71 bits per heavy atom. The summed E-state index contributed by atoms with van der Waals surface area (Å²) in [6.07, 6.45) is 0. The van der Waals surface area contributed by atoms with Gasteiger partial charge in [-0.25, -0.2) is 9.97 Å². The van der Waals surface area contributed by atoms with E-state index in [0.29, 0.717) is 5.95 Å². The summed E-state index contributed by atoms with van der Waals surface area (Å²) in [7, 11) is 0. The number of rotatable bonds is 4. The Morgan fingerprint density at radius 1 is 0.357 bits per heavy atom. The minimum absolute atomic E-state index is 0.649.